The van der Waals surface area contributed by atoms with Crippen molar-refractivity contribution >= 4 is 17.7 Å². The summed E-state index contributed by atoms with van der Waals surface area (Å²) in [6.07, 6.45) is 0. The summed E-state index contributed by atoms with van der Waals surface area (Å²) >= 11 is 1.43. The minimum Gasteiger partial charge on any atom is -0.497 e. The maximum Gasteiger partial charge on any atom is 0.235 e. The number of methoxy groups -OCH3 is 1. The van der Waals surface area contributed by atoms with Gasteiger partial charge in [0.25, 0.3) is 0 Å². The van der Waals surface area contributed by atoms with Gasteiger partial charge in [-0.15, -0.1) is 10.2 Å². The number of nitrogens with zero attached hydrogens (tertiary/aromatic N) is 5. The summed E-state index contributed by atoms with van der Waals surface area (Å²) < 4.78 is 13.1. The summed E-state index contributed by atoms with van der Waals surface area (Å²) in [7, 11) is 1.63. The third kappa shape index (κ3) is 5.71. The first-order valence-corrected chi connectivity index (χ1v) is 12.4. The molecule has 180 valence electrons. The first-order valence-electron chi connectivity index (χ1n) is 11.5. The van der Waals surface area contributed by atoms with E-state index in [-0.39, 0.29) is 17.8 Å². The highest BCUT2D eigenvalue weighted by Gasteiger charge is 2.27. The van der Waals surface area contributed by atoms with Crippen LogP contribution in [0.1, 0.15) is 19.7 Å². The molecule has 1 fully saturated rings. The molecule has 0 aliphatic carbocycles. The molecule has 0 spiro atoms. The molecule has 0 bridgehead atoms. The van der Waals surface area contributed by atoms with Gasteiger partial charge in [0.1, 0.15) is 18.1 Å². The molecule has 0 N–H and O–H groups in total. The molecule has 2 heterocycles. The highest BCUT2D eigenvalue weighted by Crippen LogP contribution is 2.28. The Labute approximate surface area is 204 Å². The quantitative estimate of drug-likeness (QED) is 0.433. The Morgan fingerprint density at radius 2 is 1.68 bits per heavy atom. The number of hydrogen-bond acceptors (Lipinski definition) is 7. The minimum atomic E-state index is -0.268. The number of benzene rings is 2. The van der Waals surface area contributed by atoms with E-state index in [2.05, 4.69) is 22.0 Å². The van der Waals surface area contributed by atoms with Crippen molar-refractivity contribution in [1.82, 2.24) is 24.6 Å². The van der Waals surface area contributed by atoms with Crippen LogP contribution in [0.4, 0.5) is 0 Å². The number of aromatic nitrogens is 3. The zero-order chi connectivity index (χ0) is 23.9. The van der Waals surface area contributed by atoms with Gasteiger partial charge in [0.2, 0.25) is 5.91 Å². The van der Waals surface area contributed by atoms with Gasteiger partial charge in [-0.05, 0) is 49.9 Å². The average Bonchev–Trinajstić information content (AvgIpc) is 3.30. The fourth-order valence-electron chi connectivity index (χ4n) is 3.88. The summed E-state index contributed by atoms with van der Waals surface area (Å²) in [6, 6.07) is 17.3. The van der Waals surface area contributed by atoms with Crippen molar-refractivity contribution in [2.24, 2.45) is 0 Å². The van der Waals surface area contributed by atoms with Gasteiger partial charge in [0, 0.05) is 31.9 Å². The van der Waals surface area contributed by atoms with Crippen molar-refractivity contribution in [2.45, 2.75) is 30.9 Å². The van der Waals surface area contributed by atoms with Crippen LogP contribution in [0.5, 0.6) is 11.5 Å². The largest absolute Gasteiger partial charge is 0.497 e. The molecule has 1 aliphatic rings. The maximum absolute atomic E-state index is 13.1. The first kappa shape index (κ1) is 24.1. The minimum absolute atomic E-state index is 0.138. The Kier molecular flexibility index (Phi) is 8.08. The fourth-order valence-corrected chi connectivity index (χ4v) is 4.85. The molecule has 34 heavy (non-hydrogen) atoms. The molecule has 1 atom stereocenters. The Hall–Kier alpha value is -3.04. The highest BCUT2D eigenvalue weighted by atomic mass is 32.2. The number of likely N-dealkylation sites (N-methyl/N-ethyl adjacent to an activating group) is 1. The van der Waals surface area contributed by atoms with Crippen LogP contribution in [-0.4, -0.2) is 75.6 Å². The van der Waals surface area contributed by atoms with Gasteiger partial charge < -0.3 is 19.3 Å². The van der Waals surface area contributed by atoms with E-state index in [1.54, 1.807) is 7.11 Å². The number of rotatable bonds is 9. The van der Waals surface area contributed by atoms with Crippen LogP contribution < -0.4 is 9.47 Å². The predicted molar refractivity (Wildman–Crippen MR) is 133 cm³/mol. The van der Waals surface area contributed by atoms with Crippen molar-refractivity contribution in [2.75, 3.05) is 39.8 Å². The average molecular weight is 482 g/mol. The fraction of sp³-hybridized carbons (Fsp3) is 0.400. The molecular weight excluding hydrogens is 450 g/mol. The van der Waals surface area contributed by atoms with E-state index in [0.717, 1.165) is 44.2 Å². The third-order valence-corrected chi connectivity index (χ3v) is 6.93. The van der Waals surface area contributed by atoms with Crippen LogP contribution >= 0.6 is 11.8 Å². The van der Waals surface area contributed by atoms with Crippen molar-refractivity contribution < 1.29 is 14.3 Å². The number of carbonyl (C=O) groups excluding carboxylic acids is 1. The van der Waals surface area contributed by atoms with Crippen LogP contribution in [0.25, 0.3) is 5.69 Å². The molecule has 3 aromatic rings. The molecule has 4 rings (SSSR count). The molecule has 1 unspecified atom stereocenters. The summed E-state index contributed by atoms with van der Waals surface area (Å²) in [5.74, 6) is 2.29. The predicted octanol–water partition coefficient (Wildman–Crippen LogP) is 3.50. The van der Waals surface area contributed by atoms with Crippen molar-refractivity contribution in [3.63, 3.8) is 0 Å². The van der Waals surface area contributed by atoms with E-state index in [0.29, 0.717) is 16.7 Å². The smallest absolute Gasteiger partial charge is 0.235 e. The lowest BCUT2D eigenvalue weighted by atomic mass is 10.3. The second kappa shape index (κ2) is 11.4. The lowest BCUT2D eigenvalue weighted by molar-refractivity contribution is -0.132. The van der Waals surface area contributed by atoms with Gasteiger partial charge >= 0.3 is 0 Å². The lowest BCUT2D eigenvalue weighted by Crippen LogP contribution is -2.50. The normalized spacial score (nSPS) is 15.2. The van der Waals surface area contributed by atoms with Gasteiger partial charge in [-0.25, -0.2) is 0 Å². The Bertz CT molecular complexity index is 1070. The molecule has 2 aromatic carbocycles. The molecule has 1 amide bonds. The Morgan fingerprint density at radius 1 is 1.00 bits per heavy atom. The van der Waals surface area contributed by atoms with Crippen LogP contribution in [0.2, 0.25) is 0 Å². The van der Waals surface area contributed by atoms with Crippen molar-refractivity contribution in [1.29, 1.82) is 0 Å². The van der Waals surface area contributed by atoms with Gasteiger partial charge in [0.05, 0.1) is 12.4 Å². The van der Waals surface area contributed by atoms with E-state index < -0.39 is 0 Å². The molecule has 9 heteroatoms. The highest BCUT2D eigenvalue weighted by molar-refractivity contribution is 8.00. The Morgan fingerprint density at radius 3 is 2.32 bits per heavy atom. The number of thioether (sulfide) groups is 1. The van der Waals surface area contributed by atoms with Gasteiger partial charge in [0.15, 0.2) is 11.0 Å². The van der Waals surface area contributed by atoms with E-state index in [4.69, 9.17) is 9.47 Å². The Balaban J connectivity index is 1.49. The van der Waals surface area contributed by atoms with Gasteiger partial charge in [-0.2, -0.15) is 0 Å². The number of carbonyl (C=O) groups is 1. The van der Waals surface area contributed by atoms with E-state index in [9.17, 15) is 4.79 Å². The van der Waals surface area contributed by atoms with Crippen LogP contribution in [0.3, 0.4) is 0 Å². The van der Waals surface area contributed by atoms with Crippen molar-refractivity contribution in [3.05, 3.63) is 60.4 Å². The number of piperazine rings is 1. The summed E-state index contributed by atoms with van der Waals surface area (Å²) in [5, 5.41) is 9.23. The standard InChI is InChI=1S/C25H31N5O3S/c1-4-28-14-16-29(17-15-28)24(31)19(2)34-25-27-26-23(30(25)20-8-6-5-7-9-20)18-33-22-12-10-21(32-3)11-13-22/h5-13,19H,4,14-18H2,1-3H3. The van der Waals surface area contributed by atoms with Gasteiger partial charge in [-0.3, -0.25) is 9.36 Å². The number of amides is 1. The van der Waals surface area contributed by atoms with E-state index >= 15 is 0 Å². The maximum atomic E-state index is 13.1. The lowest BCUT2D eigenvalue weighted by Gasteiger charge is -2.35. The monoisotopic (exact) mass is 481 g/mol. The molecule has 1 saturated heterocycles. The van der Waals surface area contributed by atoms with Crippen LogP contribution in [-0.2, 0) is 11.4 Å². The molecule has 0 radical (unpaired) electrons. The molecular formula is C25H31N5O3S. The zero-order valence-electron chi connectivity index (χ0n) is 19.9. The first-order chi connectivity index (χ1) is 16.6. The zero-order valence-corrected chi connectivity index (χ0v) is 20.7. The SMILES string of the molecule is CCN1CCN(C(=O)C(C)Sc2nnc(COc3ccc(OC)cc3)n2-c2ccccc2)CC1. The summed E-state index contributed by atoms with van der Waals surface area (Å²) in [4.78, 5) is 17.4. The molecule has 8 nitrogen and oxygen atoms in total. The number of para-hydroxylation sites is 1. The molecule has 1 aromatic heterocycles. The van der Waals surface area contributed by atoms with E-state index in [1.165, 1.54) is 11.8 Å². The van der Waals surface area contributed by atoms with Gasteiger partial charge in [-0.1, -0.05) is 36.9 Å². The second-order valence-corrected chi connectivity index (χ2v) is 9.36. The third-order valence-electron chi connectivity index (χ3n) is 5.90. The topological polar surface area (TPSA) is 72.7 Å². The number of hydrogen-bond donors (Lipinski definition) is 0. The van der Waals surface area contributed by atoms with Crippen molar-refractivity contribution in [3.8, 4) is 17.2 Å². The van der Waals surface area contributed by atoms with Crippen LogP contribution in [0, 0.1) is 0 Å². The summed E-state index contributed by atoms with van der Waals surface area (Å²) in [6.45, 7) is 8.75. The molecule has 1 aliphatic heterocycles. The van der Waals surface area contributed by atoms with Crippen LogP contribution in [0.15, 0.2) is 59.8 Å². The number of ether oxygens (including phenoxy) is 2. The molecule has 0 saturated carbocycles. The van der Waals surface area contributed by atoms with E-state index in [1.807, 2.05) is 71.0 Å². The second-order valence-electron chi connectivity index (χ2n) is 8.05. The summed E-state index contributed by atoms with van der Waals surface area (Å²) in [5.41, 5.74) is 0.930.